The fourth-order valence-electron chi connectivity index (χ4n) is 2.51. The molecular weight excluding hydrogens is 230 g/mol. The summed E-state index contributed by atoms with van der Waals surface area (Å²) in [6.45, 7) is 2.98. The van der Waals surface area contributed by atoms with E-state index in [1.165, 1.54) is 0 Å². The molecule has 1 saturated carbocycles. The first-order chi connectivity index (χ1) is 8.72. The molecule has 0 saturated heterocycles. The highest BCUT2D eigenvalue weighted by molar-refractivity contribution is 5.93. The Hall–Kier alpha value is -1.36. The van der Waals surface area contributed by atoms with Gasteiger partial charge in [-0.2, -0.15) is 5.10 Å². The maximum absolute atomic E-state index is 12.0. The van der Waals surface area contributed by atoms with E-state index in [0.29, 0.717) is 11.5 Å². The van der Waals surface area contributed by atoms with Crippen molar-refractivity contribution in [1.82, 2.24) is 15.1 Å². The molecule has 0 spiro atoms. The van der Waals surface area contributed by atoms with Gasteiger partial charge in [0.15, 0.2) is 0 Å². The summed E-state index contributed by atoms with van der Waals surface area (Å²) in [6.07, 6.45) is 7.39. The van der Waals surface area contributed by atoms with Crippen LogP contribution >= 0.6 is 0 Å². The SMILES string of the molecule is CCn1cc(C(=O)N[C@@H]2CCC[C@@H](CO)C2)cn1. The molecule has 1 aliphatic rings. The molecule has 1 fully saturated rings. The minimum Gasteiger partial charge on any atom is -0.396 e. The van der Waals surface area contributed by atoms with Gasteiger partial charge in [-0.1, -0.05) is 6.42 Å². The molecule has 1 heterocycles. The molecule has 1 aromatic rings. The maximum Gasteiger partial charge on any atom is 0.254 e. The van der Waals surface area contributed by atoms with Gasteiger partial charge >= 0.3 is 0 Å². The average Bonchev–Trinajstić information content (AvgIpc) is 2.88. The van der Waals surface area contributed by atoms with Gasteiger partial charge < -0.3 is 10.4 Å². The quantitative estimate of drug-likeness (QED) is 0.844. The number of amides is 1. The van der Waals surface area contributed by atoms with Crippen molar-refractivity contribution in [3.05, 3.63) is 18.0 Å². The van der Waals surface area contributed by atoms with Crippen LogP contribution in [0.25, 0.3) is 0 Å². The molecule has 18 heavy (non-hydrogen) atoms. The Morgan fingerprint density at radius 2 is 2.44 bits per heavy atom. The van der Waals surface area contributed by atoms with E-state index >= 15 is 0 Å². The first kappa shape index (κ1) is 13.1. The van der Waals surface area contributed by atoms with E-state index in [1.54, 1.807) is 17.1 Å². The van der Waals surface area contributed by atoms with E-state index in [9.17, 15) is 4.79 Å². The maximum atomic E-state index is 12.0. The number of rotatable bonds is 4. The molecule has 0 aliphatic heterocycles. The Morgan fingerprint density at radius 3 is 3.11 bits per heavy atom. The highest BCUT2D eigenvalue weighted by atomic mass is 16.3. The summed E-state index contributed by atoms with van der Waals surface area (Å²) >= 11 is 0. The smallest absolute Gasteiger partial charge is 0.254 e. The fourth-order valence-corrected chi connectivity index (χ4v) is 2.51. The third-order valence-corrected chi connectivity index (χ3v) is 3.60. The minimum atomic E-state index is -0.0571. The van der Waals surface area contributed by atoms with Gasteiger partial charge in [-0.3, -0.25) is 9.48 Å². The Labute approximate surface area is 107 Å². The van der Waals surface area contributed by atoms with Gasteiger partial charge in [0.2, 0.25) is 0 Å². The van der Waals surface area contributed by atoms with Crippen LogP contribution in [-0.2, 0) is 6.54 Å². The van der Waals surface area contributed by atoms with Crippen LogP contribution < -0.4 is 5.32 Å². The van der Waals surface area contributed by atoms with Crippen LogP contribution in [0, 0.1) is 5.92 Å². The lowest BCUT2D eigenvalue weighted by atomic mass is 9.86. The molecular formula is C13H21N3O2. The van der Waals surface area contributed by atoms with Gasteiger partial charge in [0.25, 0.3) is 5.91 Å². The van der Waals surface area contributed by atoms with E-state index in [4.69, 9.17) is 5.11 Å². The van der Waals surface area contributed by atoms with E-state index in [2.05, 4.69) is 10.4 Å². The summed E-state index contributed by atoms with van der Waals surface area (Å²) in [5.41, 5.74) is 0.614. The van der Waals surface area contributed by atoms with Gasteiger partial charge in [0.1, 0.15) is 0 Å². The molecule has 2 atom stereocenters. The standard InChI is InChI=1S/C13H21N3O2/c1-2-16-8-11(7-14-16)13(18)15-12-5-3-4-10(6-12)9-17/h7-8,10,12,17H,2-6,9H2,1H3,(H,15,18)/t10-,12-/m1/s1. The van der Waals surface area contributed by atoms with Crippen molar-refractivity contribution in [2.24, 2.45) is 5.92 Å². The van der Waals surface area contributed by atoms with Crippen LogP contribution in [0.5, 0.6) is 0 Å². The molecule has 0 bridgehead atoms. The first-order valence-corrected chi connectivity index (χ1v) is 6.67. The number of aromatic nitrogens is 2. The molecule has 2 N–H and O–H groups in total. The molecule has 0 radical (unpaired) electrons. The Balaban J connectivity index is 1.90. The molecule has 1 aromatic heterocycles. The monoisotopic (exact) mass is 251 g/mol. The molecule has 1 amide bonds. The number of carbonyl (C=O) groups excluding carboxylic acids is 1. The number of aliphatic hydroxyl groups excluding tert-OH is 1. The molecule has 1 aliphatic carbocycles. The number of hydrogen-bond donors (Lipinski definition) is 2. The number of nitrogens with one attached hydrogen (secondary N) is 1. The van der Waals surface area contributed by atoms with Crippen molar-refractivity contribution < 1.29 is 9.90 Å². The number of nitrogens with zero attached hydrogens (tertiary/aromatic N) is 2. The third-order valence-electron chi connectivity index (χ3n) is 3.60. The second-order valence-electron chi connectivity index (χ2n) is 4.97. The second-order valence-corrected chi connectivity index (χ2v) is 4.97. The van der Waals surface area contributed by atoms with E-state index in [0.717, 1.165) is 32.2 Å². The van der Waals surface area contributed by atoms with Crippen LogP contribution in [-0.4, -0.2) is 33.4 Å². The average molecular weight is 251 g/mol. The van der Waals surface area contributed by atoms with Crippen molar-refractivity contribution >= 4 is 5.91 Å². The van der Waals surface area contributed by atoms with Gasteiger partial charge in [-0.25, -0.2) is 0 Å². The highest BCUT2D eigenvalue weighted by Crippen LogP contribution is 2.23. The van der Waals surface area contributed by atoms with Crippen LogP contribution in [0.15, 0.2) is 12.4 Å². The Kier molecular flexibility index (Phi) is 4.36. The molecule has 0 unspecified atom stereocenters. The van der Waals surface area contributed by atoms with Crippen molar-refractivity contribution in [3.8, 4) is 0 Å². The number of aliphatic hydroxyl groups is 1. The predicted octanol–water partition coefficient (Wildman–Crippen LogP) is 1.18. The largest absolute Gasteiger partial charge is 0.396 e. The van der Waals surface area contributed by atoms with Gasteiger partial charge in [0, 0.05) is 25.4 Å². The number of hydrogen-bond acceptors (Lipinski definition) is 3. The summed E-state index contributed by atoms with van der Waals surface area (Å²) in [4.78, 5) is 12.0. The van der Waals surface area contributed by atoms with E-state index in [-0.39, 0.29) is 18.6 Å². The molecule has 5 heteroatoms. The summed E-state index contributed by atoms with van der Waals surface area (Å²) in [5.74, 6) is 0.278. The molecule has 100 valence electrons. The minimum absolute atomic E-state index is 0.0571. The normalized spacial score (nSPS) is 23.9. The van der Waals surface area contributed by atoms with Gasteiger partial charge in [-0.15, -0.1) is 0 Å². The van der Waals surface area contributed by atoms with Gasteiger partial charge in [0.05, 0.1) is 11.8 Å². The zero-order valence-corrected chi connectivity index (χ0v) is 10.8. The lowest BCUT2D eigenvalue weighted by molar-refractivity contribution is 0.0905. The zero-order chi connectivity index (χ0) is 13.0. The van der Waals surface area contributed by atoms with Crippen molar-refractivity contribution in [3.63, 3.8) is 0 Å². The topological polar surface area (TPSA) is 67.2 Å². The molecule has 5 nitrogen and oxygen atoms in total. The Morgan fingerprint density at radius 1 is 1.61 bits per heavy atom. The van der Waals surface area contributed by atoms with Crippen molar-refractivity contribution in [2.75, 3.05) is 6.61 Å². The Bertz CT molecular complexity index is 403. The first-order valence-electron chi connectivity index (χ1n) is 6.67. The third kappa shape index (κ3) is 3.10. The summed E-state index contributed by atoms with van der Waals surface area (Å²) in [5, 5.41) is 16.3. The van der Waals surface area contributed by atoms with Crippen LogP contribution in [0.1, 0.15) is 43.0 Å². The summed E-state index contributed by atoms with van der Waals surface area (Å²) in [6, 6.07) is 0.188. The van der Waals surface area contributed by atoms with Crippen LogP contribution in [0.3, 0.4) is 0 Å². The van der Waals surface area contributed by atoms with E-state index < -0.39 is 0 Å². The summed E-state index contributed by atoms with van der Waals surface area (Å²) < 4.78 is 1.74. The van der Waals surface area contributed by atoms with Crippen LogP contribution in [0.2, 0.25) is 0 Å². The lowest BCUT2D eigenvalue weighted by Crippen LogP contribution is -2.38. The van der Waals surface area contributed by atoms with Crippen LogP contribution in [0.4, 0.5) is 0 Å². The summed E-state index contributed by atoms with van der Waals surface area (Å²) in [7, 11) is 0. The van der Waals surface area contributed by atoms with Crippen molar-refractivity contribution in [2.45, 2.75) is 45.2 Å². The fraction of sp³-hybridized carbons (Fsp3) is 0.692. The van der Waals surface area contributed by atoms with E-state index in [1.807, 2.05) is 6.92 Å². The molecule has 2 rings (SSSR count). The number of carbonyl (C=O) groups is 1. The molecule has 0 aromatic carbocycles. The lowest BCUT2D eigenvalue weighted by Gasteiger charge is -2.28. The number of aryl methyl sites for hydroxylation is 1. The van der Waals surface area contributed by atoms with Gasteiger partial charge in [-0.05, 0) is 32.1 Å². The second kappa shape index (κ2) is 6.00. The van der Waals surface area contributed by atoms with Crippen molar-refractivity contribution in [1.29, 1.82) is 0 Å². The zero-order valence-electron chi connectivity index (χ0n) is 10.8. The predicted molar refractivity (Wildman–Crippen MR) is 68.2 cm³/mol. The highest BCUT2D eigenvalue weighted by Gasteiger charge is 2.23.